The molecule has 1 heterocycles. The van der Waals surface area contributed by atoms with Crippen molar-refractivity contribution in [3.63, 3.8) is 0 Å². The van der Waals surface area contributed by atoms with Crippen molar-refractivity contribution in [2.45, 2.75) is 6.04 Å². The van der Waals surface area contributed by atoms with Gasteiger partial charge in [0.15, 0.2) is 0 Å². The fraction of sp³-hybridized carbons (Fsp3) is 0.385. The molecular formula is C13H19LaN3O7S. The van der Waals surface area contributed by atoms with Gasteiger partial charge in [-0.15, -0.1) is 0 Å². The maximum atomic E-state index is 11.4. The minimum Gasteiger partial charge on any atom is -0.478 e. The predicted molar refractivity (Wildman–Crippen MR) is 84.3 cm³/mol. The number of benzene rings is 1. The van der Waals surface area contributed by atoms with Crippen LogP contribution in [0.2, 0.25) is 0 Å². The average Bonchev–Trinajstić information content (AvgIpc) is 2.45. The number of carboxylic acid groups (broad SMARTS) is 2. The van der Waals surface area contributed by atoms with Gasteiger partial charge in [0.1, 0.15) is 0 Å². The normalized spacial score (nSPS) is 17.6. The molecular weight excluding hydrogens is 481 g/mol. The molecule has 137 valence electrons. The SMILES string of the molecule is CN1CCNCC1c1cccc(C(=O)O)c1C(=O)O.NS(=O)(=O)O.[La]. The zero-order valence-corrected chi connectivity index (χ0v) is 17.9. The van der Waals surface area contributed by atoms with Crippen LogP contribution >= 0.6 is 0 Å². The molecule has 2 rings (SSSR count). The summed E-state index contributed by atoms with van der Waals surface area (Å²) < 4.78 is 25.2. The first-order valence-electron chi connectivity index (χ1n) is 6.78. The third kappa shape index (κ3) is 7.92. The van der Waals surface area contributed by atoms with E-state index in [2.05, 4.69) is 10.5 Å². The first-order valence-corrected chi connectivity index (χ1v) is 8.28. The van der Waals surface area contributed by atoms with Crippen molar-refractivity contribution in [1.29, 1.82) is 0 Å². The van der Waals surface area contributed by atoms with Crippen LogP contribution in [0.25, 0.3) is 0 Å². The standard InChI is InChI=1S/C13H16N2O4.La.H3NO3S/c1-15-6-5-14-7-10(15)8-3-2-4-9(12(16)17)11(8)13(18)19;;1-5(2,3)4/h2-4,10,14H,5-7H2,1H3,(H,16,17)(H,18,19);;(H3,1,2,3,4). The third-order valence-electron chi connectivity index (χ3n) is 3.41. The fourth-order valence-corrected chi connectivity index (χ4v) is 2.42. The molecule has 6 N–H and O–H groups in total. The van der Waals surface area contributed by atoms with Gasteiger partial charge in [-0.1, -0.05) is 12.1 Å². The number of likely N-dealkylation sites (N-methyl/N-ethyl adjacent to an activating group) is 1. The quantitative estimate of drug-likeness (QED) is 0.341. The molecule has 0 spiro atoms. The molecule has 0 amide bonds. The van der Waals surface area contributed by atoms with Gasteiger partial charge in [-0.3, -0.25) is 9.45 Å². The molecule has 1 unspecified atom stereocenters. The number of piperazine rings is 1. The van der Waals surface area contributed by atoms with Crippen molar-refractivity contribution in [3.8, 4) is 0 Å². The molecule has 1 saturated heterocycles. The van der Waals surface area contributed by atoms with Gasteiger partial charge < -0.3 is 15.5 Å². The average molecular weight is 500 g/mol. The second-order valence-corrected chi connectivity index (χ2v) is 6.13. The Morgan fingerprint density at radius 2 is 1.84 bits per heavy atom. The van der Waals surface area contributed by atoms with E-state index in [0.717, 1.165) is 13.1 Å². The Morgan fingerprint density at radius 1 is 1.28 bits per heavy atom. The second-order valence-electron chi connectivity index (χ2n) is 5.10. The molecule has 1 aromatic carbocycles. The second kappa shape index (κ2) is 10.3. The molecule has 10 nitrogen and oxygen atoms in total. The fourth-order valence-electron chi connectivity index (χ4n) is 2.42. The zero-order chi connectivity index (χ0) is 18.5. The van der Waals surface area contributed by atoms with Crippen LogP contribution in [0, 0.1) is 35.6 Å². The largest absolute Gasteiger partial charge is 0.478 e. The Kier molecular flexibility index (Phi) is 9.98. The zero-order valence-electron chi connectivity index (χ0n) is 13.4. The maximum Gasteiger partial charge on any atom is 0.336 e. The number of hydrogen-bond acceptors (Lipinski definition) is 6. The van der Waals surface area contributed by atoms with E-state index in [4.69, 9.17) is 18.1 Å². The van der Waals surface area contributed by atoms with Gasteiger partial charge in [-0.25, -0.2) is 14.7 Å². The summed E-state index contributed by atoms with van der Waals surface area (Å²) in [5.41, 5.74) is 0.265. The summed E-state index contributed by atoms with van der Waals surface area (Å²) in [5.74, 6) is -2.42. The summed E-state index contributed by atoms with van der Waals surface area (Å²) in [6, 6.07) is 4.47. The van der Waals surface area contributed by atoms with Crippen LogP contribution in [0.1, 0.15) is 32.3 Å². The maximum absolute atomic E-state index is 11.4. The van der Waals surface area contributed by atoms with Crippen molar-refractivity contribution in [2.24, 2.45) is 5.14 Å². The summed E-state index contributed by atoms with van der Waals surface area (Å²) in [6.45, 7) is 2.24. The van der Waals surface area contributed by atoms with Crippen LogP contribution in [0.3, 0.4) is 0 Å². The molecule has 0 aromatic heterocycles. The Balaban J connectivity index is 0.000000848. The van der Waals surface area contributed by atoms with Crippen LogP contribution in [-0.4, -0.2) is 66.7 Å². The molecule has 0 aliphatic carbocycles. The van der Waals surface area contributed by atoms with Crippen molar-refractivity contribution < 1.29 is 68.4 Å². The van der Waals surface area contributed by atoms with E-state index >= 15 is 0 Å². The molecule has 1 aromatic rings. The minimum atomic E-state index is -4.17. The Bertz CT molecular complexity index is 718. The number of carboxylic acids is 2. The van der Waals surface area contributed by atoms with Crippen molar-refractivity contribution in [1.82, 2.24) is 10.2 Å². The number of hydrogen-bond donors (Lipinski definition) is 5. The number of rotatable bonds is 3. The van der Waals surface area contributed by atoms with E-state index in [1.54, 1.807) is 12.1 Å². The summed E-state index contributed by atoms with van der Waals surface area (Å²) in [6.07, 6.45) is 0. The van der Waals surface area contributed by atoms with Gasteiger partial charge in [0.05, 0.1) is 11.1 Å². The van der Waals surface area contributed by atoms with Crippen molar-refractivity contribution in [2.75, 3.05) is 26.7 Å². The van der Waals surface area contributed by atoms with E-state index < -0.39 is 22.2 Å². The summed E-state index contributed by atoms with van der Waals surface area (Å²) in [7, 11) is -2.26. The van der Waals surface area contributed by atoms with Crippen LogP contribution in [0.5, 0.6) is 0 Å². The first-order chi connectivity index (χ1) is 11.0. The monoisotopic (exact) mass is 500 g/mol. The van der Waals surface area contributed by atoms with E-state index in [-0.39, 0.29) is 52.8 Å². The van der Waals surface area contributed by atoms with E-state index in [0.29, 0.717) is 12.1 Å². The van der Waals surface area contributed by atoms with E-state index in [1.807, 2.05) is 11.9 Å². The summed E-state index contributed by atoms with van der Waals surface area (Å²) in [5, 5.41) is 25.5. The Hall–Kier alpha value is -0.855. The van der Waals surface area contributed by atoms with Gasteiger partial charge in [0.25, 0.3) is 0 Å². The molecule has 12 heteroatoms. The van der Waals surface area contributed by atoms with Crippen LogP contribution in [-0.2, 0) is 10.3 Å². The topological polar surface area (TPSA) is 170 Å². The van der Waals surface area contributed by atoms with Gasteiger partial charge in [0.2, 0.25) is 0 Å². The van der Waals surface area contributed by atoms with Gasteiger partial charge in [0, 0.05) is 61.3 Å². The van der Waals surface area contributed by atoms with Crippen molar-refractivity contribution >= 4 is 22.2 Å². The minimum absolute atomic E-state index is 0. The number of nitrogens with two attached hydrogens (primary N) is 1. The molecule has 1 fully saturated rings. The molecule has 1 aliphatic rings. The van der Waals surface area contributed by atoms with Crippen LogP contribution in [0.4, 0.5) is 0 Å². The van der Waals surface area contributed by atoms with Gasteiger partial charge in [-0.2, -0.15) is 8.42 Å². The number of carbonyl (C=O) groups is 2. The van der Waals surface area contributed by atoms with Gasteiger partial charge in [-0.05, 0) is 18.7 Å². The molecule has 1 atom stereocenters. The van der Waals surface area contributed by atoms with E-state index in [9.17, 15) is 14.7 Å². The Labute approximate surface area is 172 Å². The summed E-state index contributed by atoms with van der Waals surface area (Å²) in [4.78, 5) is 24.6. The smallest absolute Gasteiger partial charge is 0.336 e. The van der Waals surface area contributed by atoms with Crippen LogP contribution < -0.4 is 10.5 Å². The molecule has 0 saturated carbocycles. The Morgan fingerprint density at radius 3 is 2.28 bits per heavy atom. The molecule has 25 heavy (non-hydrogen) atoms. The van der Waals surface area contributed by atoms with Gasteiger partial charge >= 0.3 is 22.2 Å². The number of nitrogens with zero attached hydrogens (tertiary/aromatic N) is 1. The first kappa shape index (κ1) is 24.1. The third-order valence-corrected chi connectivity index (χ3v) is 3.41. The molecule has 1 aliphatic heterocycles. The van der Waals surface area contributed by atoms with Crippen LogP contribution in [0.15, 0.2) is 18.2 Å². The predicted octanol–water partition coefficient (Wildman–Crippen LogP) is -0.593. The number of nitrogens with one attached hydrogen (secondary N) is 1. The summed E-state index contributed by atoms with van der Waals surface area (Å²) >= 11 is 0. The molecule has 0 bridgehead atoms. The molecule has 1 radical (unpaired) electrons. The number of aromatic carboxylic acids is 2. The van der Waals surface area contributed by atoms with E-state index in [1.165, 1.54) is 6.07 Å². The van der Waals surface area contributed by atoms with Crippen molar-refractivity contribution in [3.05, 3.63) is 34.9 Å².